The lowest BCUT2D eigenvalue weighted by Crippen LogP contribution is -2.14. The summed E-state index contributed by atoms with van der Waals surface area (Å²) in [5.41, 5.74) is 1.87. The van der Waals surface area contributed by atoms with E-state index in [1.165, 1.54) is 11.3 Å². The van der Waals surface area contributed by atoms with Crippen LogP contribution in [0.5, 0.6) is 0 Å². The van der Waals surface area contributed by atoms with E-state index in [0.29, 0.717) is 22.0 Å². The van der Waals surface area contributed by atoms with E-state index in [9.17, 15) is 8.42 Å². The van der Waals surface area contributed by atoms with Gasteiger partial charge in [-0.3, -0.25) is 9.82 Å². The second kappa shape index (κ2) is 4.40. The first kappa shape index (κ1) is 13.1. The van der Waals surface area contributed by atoms with Crippen LogP contribution in [0, 0.1) is 27.7 Å². The number of hydrogen-bond acceptors (Lipinski definition) is 4. The summed E-state index contributed by atoms with van der Waals surface area (Å²) in [6.45, 7) is 7.24. The number of aromatic nitrogens is 2. The molecule has 2 rings (SSSR count). The van der Waals surface area contributed by atoms with Crippen molar-refractivity contribution in [1.82, 2.24) is 10.2 Å². The Kier molecular flexibility index (Phi) is 3.20. The van der Waals surface area contributed by atoms with Crippen LogP contribution in [0.3, 0.4) is 0 Å². The van der Waals surface area contributed by atoms with Gasteiger partial charge in [0.25, 0.3) is 10.0 Å². The van der Waals surface area contributed by atoms with Crippen molar-refractivity contribution in [3.8, 4) is 0 Å². The lowest BCUT2D eigenvalue weighted by atomic mass is 10.3. The van der Waals surface area contributed by atoms with Crippen LogP contribution in [0.2, 0.25) is 0 Å². The molecule has 7 heteroatoms. The average Bonchev–Trinajstić information content (AvgIpc) is 2.75. The number of H-pyrrole nitrogens is 1. The summed E-state index contributed by atoms with van der Waals surface area (Å²) in [6, 6.07) is 1.69. The highest BCUT2D eigenvalue weighted by atomic mass is 32.2. The summed E-state index contributed by atoms with van der Waals surface area (Å²) in [5.74, 6) is 0. The predicted octanol–water partition coefficient (Wildman–Crippen LogP) is 2.51. The van der Waals surface area contributed by atoms with E-state index in [4.69, 9.17) is 0 Å². The van der Waals surface area contributed by atoms with Crippen molar-refractivity contribution in [2.24, 2.45) is 0 Å². The number of aryl methyl sites for hydroxylation is 4. The molecule has 0 aromatic carbocycles. The van der Waals surface area contributed by atoms with Crippen LogP contribution in [-0.2, 0) is 10.0 Å². The zero-order valence-corrected chi connectivity index (χ0v) is 12.3. The zero-order valence-electron chi connectivity index (χ0n) is 10.7. The molecular weight excluding hydrogens is 270 g/mol. The van der Waals surface area contributed by atoms with Crippen LogP contribution >= 0.6 is 11.3 Å². The third-order valence-corrected chi connectivity index (χ3v) is 5.22. The number of aromatic amines is 1. The number of rotatable bonds is 3. The number of sulfonamides is 1. The second-order valence-electron chi connectivity index (χ2n) is 4.19. The Hall–Kier alpha value is -1.34. The molecule has 2 N–H and O–H groups in total. The van der Waals surface area contributed by atoms with Gasteiger partial charge in [-0.25, -0.2) is 8.42 Å². The second-order valence-corrected chi connectivity index (χ2v) is 7.30. The van der Waals surface area contributed by atoms with Gasteiger partial charge in [-0.2, -0.15) is 5.10 Å². The van der Waals surface area contributed by atoms with E-state index < -0.39 is 10.0 Å². The molecule has 0 fully saturated rings. The van der Waals surface area contributed by atoms with Gasteiger partial charge in [0.2, 0.25) is 0 Å². The molecule has 0 atom stereocenters. The van der Waals surface area contributed by atoms with E-state index in [1.54, 1.807) is 26.8 Å². The maximum absolute atomic E-state index is 12.3. The van der Waals surface area contributed by atoms with Crippen LogP contribution in [0.1, 0.15) is 21.1 Å². The van der Waals surface area contributed by atoms with Crippen molar-refractivity contribution < 1.29 is 8.42 Å². The number of anilines is 1. The highest BCUT2D eigenvalue weighted by Gasteiger charge is 2.21. The standard InChI is InChI=1S/C11H15N3O2S2/c1-6-5-10(9(4)17-6)18(15,16)14-11-7(2)12-13-8(11)3/h5,14H,1-4H3,(H,12,13). The maximum Gasteiger partial charge on any atom is 0.263 e. The molecule has 0 radical (unpaired) electrons. The predicted molar refractivity (Wildman–Crippen MR) is 72.7 cm³/mol. The summed E-state index contributed by atoms with van der Waals surface area (Å²) in [7, 11) is -3.54. The van der Waals surface area contributed by atoms with Crippen LogP contribution in [0.4, 0.5) is 5.69 Å². The third-order valence-electron chi connectivity index (χ3n) is 2.65. The van der Waals surface area contributed by atoms with Gasteiger partial charge in [0.05, 0.1) is 17.1 Å². The first-order valence-electron chi connectivity index (χ1n) is 5.42. The minimum atomic E-state index is -3.54. The smallest absolute Gasteiger partial charge is 0.263 e. The maximum atomic E-state index is 12.3. The van der Waals surface area contributed by atoms with Gasteiger partial charge in [0.15, 0.2) is 0 Å². The van der Waals surface area contributed by atoms with Crippen LogP contribution in [-0.4, -0.2) is 18.6 Å². The largest absolute Gasteiger partial charge is 0.280 e. The summed E-state index contributed by atoms with van der Waals surface area (Å²) >= 11 is 1.47. The van der Waals surface area contributed by atoms with E-state index in [0.717, 1.165) is 9.75 Å². The molecule has 0 aliphatic heterocycles. The minimum Gasteiger partial charge on any atom is -0.280 e. The van der Waals surface area contributed by atoms with Gasteiger partial charge in [0.1, 0.15) is 4.90 Å². The molecule has 18 heavy (non-hydrogen) atoms. The van der Waals surface area contributed by atoms with E-state index >= 15 is 0 Å². The van der Waals surface area contributed by atoms with Crippen molar-refractivity contribution in [2.45, 2.75) is 32.6 Å². The van der Waals surface area contributed by atoms with Crippen molar-refractivity contribution >= 4 is 27.0 Å². The highest BCUT2D eigenvalue weighted by molar-refractivity contribution is 7.93. The molecule has 0 saturated carbocycles. The average molecular weight is 285 g/mol. The summed E-state index contributed by atoms with van der Waals surface area (Å²) < 4.78 is 27.2. The molecular formula is C11H15N3O2S2. The normalized spacial score (nSPS) is 11.8. The van der Waals surface area contributed by atoms with Crippen LogP contribution < -0.4 is 4.72 Å². The SMILES string of the molecule is Cc1cc(S(=O)(=O)Nc2c(C)n[nH]c2C)c(C)s1. The molecule has 2 heterocycles. The van der Waals surface area contributed by atoms with E-state index in [2.05, 4.69) is 14.9 Å². The molecule has 5 nitrogen and oxygen atoms in total. The molecule has 0 saturated heterocycles. The summed E-state index contributed by atoms with van der Waals surface area (Å²) in [6.07, 6.45) is 0. The molecule has 0 unspecified atom stereocenters. The molecule has 2 aromatic rings. The highest BCUT2D eigenvalue weighted by Crippen LogP contribution is 2.28. The van der Waals surface area contributed by atoms with E-state index in [1.807, 2.05) is 6.92 Å². The topological polar surface area (TPSA) is 74.8 Å². The molecule has 0 spiro atoms. The molecule has 0 aliphatic rings. The van der Waals surface area contributed by atoms with Crippen molar-refractivity contribution in [2.75, 3.05) is 4.72 Å². The molecule has 0 aliphatic carbocycles. The fourth-order valence-corrected chi connectivity index (χ4v) is 4.50. The Labute approximate surface area is 110 Å². The number of thiophene rings is 1. The lowest BCUT2D eigenvalue weighted by Gasteiger charge is -2.07. The van der Waals surface area contributed by atoms with Crippen molar-refractivity contribution in [3.05, 3.63) is 27.2 Å². The first-order chi connectivity index (χ1) is 8.31. The molecule has 98 valence electrons. The van der Waals surface area contributed by atoms with E-state index in [-0.39, 0.29) is 0 Å². The number of hydrogen-bond donors (Lipinski definition) is 2. The Morgan fingerprint density at radius 2 is 1.94 bits per heavy atom. The van der Waals surface area contributed by atoms with Gasteiger partial charge >= 0.3 is 0 Å². The zero-order chi connectivity index (χ0) is 13.5. The molecule has 2 aromatic heterocycles. The van der Waals surface area contributed by atoms with Gasteiger partial charge in [-0.15, -0.1) is 11.3 Å². The monoisotopic (exact) mass is 285 g/mol. The summed E-state index contributed by atoms with van der Waals surface area (Å²) in [5, 5.41) is 6.73. The Morgan fingerprint density at radius 1 is 1.28 bits per heavy atom. The summed E-state index contributed by atoms with van der Waals surface area (Å²) in [4.78, 5) is 2.11. The Bertz CT molecular complexity index is 664. The lowest BCUT2D eigenvalue weighted by molar-refractivity contribution is 0.601. The van der Waals surface area contributed by atoms with Crippen LogP contribution in [0.15, 0.2) is 11.0 Å². The third kappa shape index (κ3) is 2.28. The molecule has 0 amide bonds. The van der Waals surface area contributed by atoms with Gasteiger partial charge in [-0.05, 0) is 33.8 Å². The van der Waals surface area contributed by atoms with Gasteiger partial charge in [-0.1, -0.05) is 0 Å². The number of nitrogens with zero attached hydrogens (tertiary/aromatic N) is 1. The number of nitrogens with one attached hydrogen (secondary N) is 2. The van der Waals surface area contributed by atoms with Crippen molar-refractivity contribution in [1.29, 1.82) is 0 Å². The first-order valence-corrected chi connectivity index (χ1v) is 7.72. The van der Waals surface area contributed by atoms with Crippen molar-refractivity contribution in [3.63, 3.8) is 0 Å². The quantitative estimate of drug-likeness (QED) is 0.910. The van der Waals surface area contributed by atoms with Gasteiger partial charge in [0, 0.05) is 9.75 Å². The van der Waals surface area contributed by atoms with Gasteiger partial charge < -0.3 is 0 Å². The van der Waals surface area contributed by atoms with Crippen LogP contribution in [0.25, 0.3) is 0 Å². The Balaban J connectivity index is 2.42. The molecule has 0 bridgehead atoms. The fraction of sp³-hybridized carbons (Fsp3) is 0.364. The Morgan fingerprint density at radius 3 is 2.39 bits per heavy atom. The minimum absolute atomic E-state index is 0.338. The fourth-order valence-electron chi connectivity index (χ4n) is 1.76.